The number of nitro benzene ring substituents is 1. The molecule has 3 rings (SSSR count). The number of non-ortho nitro benzene ring substituents is 1. The number of anilines is 2. The van der Waals surface area contributed by atoms with Gasteiger partial charge >= 0.3 is 0 Å². The number of halogens is 2. The standard InChI is InChI=1S/C20H13Cl2N3O4/c21-17-7-2-1-6-15(17)19(26)23-12-4-3-5-13(10-12)24-20(27)16-11-14(25(28)29)8-9-18(16)22/h1-11H,(H,23,26)(H,24,27). The summed E-state index contributed by atoms with van der Waals surface area (Å²) in [5.74, 6) is -1.02. The van der Waals surface area contributed by atoms with Gasteiger partial charge in [-0.25, -0.2) is 0 Å². The van der Waals surface area contributed by atoms with Crippen LogP contribution in [-0.2, 0) is 0 Å². The Morgan fingerprint density at radius 3 is 1.97 bits per heavy atom. The minimum atomic E-state index is -0.617. The zero-order valence-corrected chi connectivity index (χ0v) is 16.2. The van der Waals surface area contributed by atoms with E-state index in [2.05, 4.69) is 10.6 Å². The Morgan fingerprint density at radius 2 is 1.34 bits per heavy atom. The average Bonchev–Trinajstić information content (AvgIpc) is 2.68. The molecule has 0 aromatic heterocycles. The Kier molecular flexibility index (Phi) is 6.11. The number of nitrogens with one attached hydrogen (secondary N) is 2. The van der Waals surface area contributed by atoms with Crippen LogP contribution < -0.4 is 10.6 Å². The highest BCUT2D eigenvalue weighted by Crippen LogP contribution is 2.24. The van der Waals surface area contributed by atoms with Gasteiger partial charge in [0, 0.05) is 23.5 Å². The molecule has 146 valence electrons. The molecule has 3 aromatic rings. The molecule has 0 fully saturated rings. The van der Waals surface area contributed by atoms with E-state index in [0.29, 0.717) is 22.0 Å². The molecule has 0 aliphatic heterocycles. The van der Waals surface area contributed by atoms with Crippen molar-refractivity contribution in [1.82, 2.24) is 0 Å². The van der Waals surface area contributed by atoms with E-state index in [9.17, 15) is 19.7 Å². The number of hydrogen-bond acceptors (Lipinski definition) is 4. The molecule has 0 unspecified atom stereocenters. The van der Waals surface area contributed by atoms with Crippen LogP contribution in [0, 0.1) is 10.1 Å². The van der Waals surface area contributed by atoms with Crippen LogP contribution >= 0.6 is 23.2 Å². The fraction of sp³-hybridized carbons (Fsp3) is 0. The molecule has 0 radical (unpaired) electrons. The molecule has 3 aromatic carbocycles. The molecule has 7 nitrogen and oxygen atoms in total. The zero-order valence-electron chi connectivity index (χ0n) is 14.7. The van der Waals surface area contributed by atoms with Crippen molar-refractivity contribution in [2.45, 2.75) is 0 Å². The number of rotatable bonds is 5. The fourth-order valence-corrected chi connectivity index (χ4v) is 2.94. The highest BCUT2D eigenvalue weighted by molar-refractivity contribution is 6.35. The lowest BCUT2D eigenvalue weighted by Crippen LogP contribution is -2.14. The van der Waals surface area contributed by atoms with Crippen LogP contribution in [0.1, 0.15) is 20.7 Å². The number of nitrogens with zero attached hydrogens (tertiary/aromatic N) is 1. The topological polar surface area (TPSA) is 101 Å². The van der Waals surface area contributed by atoms with Crippen LogP contribution in [0.2, 0.25) is 10.0 Å². The van der Waals surface area contributed by atoms with Crippen molar-refractivity contribution in [2.75, 3.05) is 10.6 Å². The lowest BCUT2D eigenvalue weighted by Gasteiger charge is -2.10. The van der Waals surface area contributed by atoms with Crippen molar-refractivity contribution in [3.05, 3.63) is 98.0 Å². The monoisotopic (exact) mass is 429 g/mol. The van der Waals surface area contributed by atoms with E-state index in [1.54, 1.807) is 42.5 Å². The molecular weight excluding hydrogens is 417 g/mol. The summed E-state index contributed by atoms with van der Waals surface area (Å²) in [6.45, 7) is 0. The molecule has 0 atom stereocenters. The van der Waals surface area contributed by atoms with Crippen LogP contribution in [0.15, 0.2) is 66.7 Å². The minimum Gasteiger partial charge on any atom is -0.322 e. The van der Waals surface area contributed by atoms with Gasteiger partial charge in [-0.3, -0.25) is 19.7 Å². The van der Waals surface area contributed by atoms with E-state index in [-0.39, 0.29) is 16.3 Å². The van der Waals surface area contributed by atoms with Gasteiger partial charge in [0.1, 0.15) is 0 Å². The molecule has 0 spiro atoms. The summed E-state index contributed by atoms with van der Waals surface area (Å²) in [5, 5.41) is 16.6. The second-order valence-corrected chi connectivity index (χ2v) is 6.70. The predicted molar refractivity (Wildman–Crippen MR) is 112 cm³/mol. The Bertz CT molecular complexity index is 1120. The molecular formula is C20H13Cl2N3O4. The van der Waals surface area contributed by atoms with Crippen LogP contribution in [-0.4, -0.2) is 16.7 Å². The van der Waals surface area contributed by atoms with Gasteiger partial charge in [0.15, 0.2) is 0 Å². The highest BCUT2D eigenvalue weighted by Gasteiger charge is 2.16. The van der Waals surface area contributed by atoms with Gasteiger partial charge in [0.25, 0.3) is 17.5 Å². The second-order valence-electron chi connectivity index (χ2n) is 5.89. The lowest BCUT2D eigenvalue weighted by molar-refractivity contribution is -0.384. The van der Waals surface area contributed by atoms with E-state index >= 15 is 0 Å². The number of carbonyl (C=O) groups is 2. The Morgan fingerprint density at radius 1 is 0.759 bits per heavy atom. The smallest absolute Gasteiger partial charge is 0.270 e. The molecule has 0 aliphatic rings. The van der Waals surface area contributed by atoms with Crippen molar-refractivity contribution in [3.63, 3.8) is 0 Å². The SMILES string of the molecule is O=C(Nc1cccc(NC(=O)c2cc([N+](=O)[O-])ccc2Cl)c1)c1ccccc1Cl. The maximum atomic E-state index is 12.5. The minimum absolute atomic E-state index is 0.0358. The first-order chi connectivity index (χ1) is 13.8. The quantitative estimate of drug-likeness (QED) is 0.418. The maximum Gasteiger partial charge on any atom is 0.270 e. The summed E-state index contributed by atoms with van der Waals surface area (Å²) >= 11 is 12.0. The predicted octanol–water partition coefficient (Wildman–Crippen LogP) is 5.41. The van der Waals surface area contributed by atoms with Crippen molar-refractivity contribution < 1.29 is 14.5 Å². The molecule has 0 aliphatic carbocycles. The van der Waals surface area contributed by atoms with E-state index in [0.717, 1.165) is 6.07 Å². The van der Waals surface area contributed by atoms with Crippen molar-refractivity contribution in [1.29, 1.82) is 0 Å². The van der Waals surface area contributed by atoms with Crippen LogP contribution in [0.25, 0.3) is 0 Å². The third kappa shape index (κ3) is 4.90. The third-order valence-electron chi connectivity index (χ3n) is 3.90. The summed E-state index contributed by atoms with van der Waals surface area (Å²) in [6.07, 6.45) is 0. The third-order valence-corrected chi connectivity index (χ3v) is 4.56. The molecule has 2 amide bonds. The summed E-state index contributed by atoms with van der Waals surface area (Å²) < 4.78 is 0. The van der Waals surface area contributed by atoms with Crippen molar-refractivity contribution >= 4 is 52.1 Å². The second kappa shape index (κ2) is 8.72. The van der Waals surface area contributed by atoms with Gasteiger partial charge < -0.3 is 10.6 Å². The van der Waals surface area contributed by atoms with Crippen LogP contribution in [0.5, 0.6) is 0 Å². The highest BCUT2D eigenvalue weighted by atomic mass is 35.5. The number of hydrogen-bond donors (Lipinski definition) is 2. The van der Waals surface area contributed by atoms with Gasteiger partial charge in [-0.1, -0.05) is 41.4 Å². The van der Waals surface area contributed by atoms with Crippen molar-refractivity contribution in [2.24, 2.45) is 0 Å². The average molecular weight is 430 g/mol. The van der Waals surface area contributed by atoms with Gasteiger partial charge in [-0.05, 0) is 36.4 Å². The fourth-order valence-electron chi connectivity index (χ4n) is 2.52. The molecule has 0 saturated carbocycles. The Hall–Kier alpha value is -3.42. The first-order valence-corrected chi connectivity index (χ1v) is 9.02. The van der Waals surface area contributed by atoms with Gasteiger partial charge in [0.05, 0.1) is 26.1 Å². The first-order valence-electron chi connectivity index (χ1n) is 8.26. The molecule has 9 heteroatoms. The van der Waals surface area contributed by atoms with Crippen LogP contribution in [0.4, 0.5) is 17.1 Å². The Balaban J connectivity index is 1.77. The Labute approximate surface area is 175 Å². The molecule has 0 saturated heterocycles. The summed E-state index contributed by atoms with van der Waals surface area (Å²) in [6, 6.07) is 16.6. The normalized spacial score (nSPS) is 10.3. The van der Waals surface area contributed by atoms with Crippen molar-refractivity contribution in [3.8, 4) is 0 Å². The summed E-state index contributed by atoms with van der Waals surface area (Å²) in [4.78, 5) is 35.2. The first kappa shape index (κ1) is 20.3. The number of benzene rings is 3. The van der Waals surface area contributed by atoms with Crippen LogP contribution in [0.3, 0.4) is 0 Å². The maximum absolute atomic E-state index is 12.5. The van der Waals surface area contributed by atoms with E-state index in [1.807, 2.05) is 0 Å². The molecule has 0 heterocycles. The van der Waals surface area contributed by atoms with E-state index in [1.165, 1.54) is 18.2 Å². The van der Waals surface area contributed by atoms with E-state index < -0.39 is 16.7 Å². The largest absolute Gasteiger partial charge is 0.322 e. The number of amides is 2. The van der Waals surface area contributed by atoms with E-state index in [4.69, 9.17) is 23.2 Å². The lowest BCUT2D eigenvalue weighted by atomic mass is 10.1. The van der Waals surface area contributed by atoms with Gasteiger partial charge in [-0.2, -0.15) is 0 Å². The number of carbonyl (C=O) groups excluding carboxylic acids is 2. The van der Waals surface area contributed by atoms with Gasteiger partial charge in [-0.15, -0.1) is 0 Å². The van der Waals surface area contributed by atoms with Gasteiger partial charge in [0.2, 0.25) is 0 Å². The summed E-state index contributed by atoms with van der Waals surface area (Å²) in [7, 11) is 0. The zero-order chi connectivity index (χ0) is 21.0. The summed E-state index contributed by atoms with van der Waals surface area (Å²) in [5.41, 5.74) is 0.825. The number of nitro groups is 1. The molecule has 2 N–H and O–H groups in total. The molecule has 29 heavy (non-hydrogen) atoms. The molecule has 0 bridgehead atoms.